The zero-order valence-electron chi connectivity index (χ0n) is 23.7. The summed E-state index contributed by atoms with van der Waals surface area (Å²) in [5.41, 5.74) is 0.477. The Kier molecular flexibility index (Phi) is 8.38. The largest absolute Gasteiger partial charge is 0.465 e. The van der Waals surface area contributed by atoms with Crippen molar-refractivity contribution in [1.82, 2.24) is 4.90 Å². The molecule has 1 spiro atoms. The molecule has 3 aliphatic heterocycles. The van der Waals surface area contributed by atoms with Crippen LogP contribution in [-0.4, -0.2) is 71.3 Å². The van der Waals surface area contributed by atoms with Crippen molar-refractivity contribution < 1.29 is 29.0 Å². The molecule has 39 heavy (non-hydrogen) atoms. The minimum Gasteiger partial charge on any atom is -0.465 e. The second-order valence-electron chi connectivity index (χ2n) is 11.4. The predicted octanol–water partition coefficient (Wildman–Crippen LogP) is 3.72. The minimum atomic E-state index is -1.19. The van der Waals surface area contributed by atoms with E-state index in [9.17, 15) is 19.5 Å². The number of hydrogen-bond acceptors (Lipinski definition) is 6. The van der Waals surface area contributed by atoms with Crippen molar-refractivity contribution in [1.29, 1.82) is 0 Å². The van der Waals surface area contributed by atoms with E-state index in [0.29, 0.717) is 12.8 Å². The Labute approximate surface area is 231 Å². The van der Waals surface area contributed by atoms with Crippen LogP contribution in [0.15, 0.2) is 43.5 Å². The van der Waals surface area contributed by atoms with Crippen LogP contribution in [0.4, 0.5) is 5.69 Å². The van der Waals surface area contributed by atoms with E-state index in [0.717, 1.165) is 29.7 Å². The van der Waals surface area contributed by atoms with Gasteiger partial charge in [-0.2, -0.15) is 0 Å². The Balaban J connectivity index is 1.74. The van der Waals surface area contributed by atoms with Crippen molar-refractivity contribution in [2.45, 2.75) is 70.6 Å². The number of β-amino-alcohol motifs (C(OH)–C–C–N with tert-alkyl or cyclic N) is 1. The van der Waals surface area contributed by atoms with E-state index >= 15 is 0 Å². The number of allylic oxidation sites excluding steroid dienone is 1. The summed E-state index contributed by atoms with van der Waals surface area (Å²) in [6, 6.07) is 4.84. The molecule has 2 bridgehead atoms. The number of hydrogen-bond donors (Lipinski definition) is 1. The molecule has 6 atom stereocenters. The lowest BCUT2D eigenvalue weighted by molar-refractivity contribution is -0.161. The fourth-order valence-electron chi connectivity index (χ4n) is 7.18. The van der Waals surface area contributed by atoms with Gasteiger partial charge in [-0.05, 0) is 63.5 Å². The smallest absolute Gasteiger partial charge is 0.312 e. The quantitative estimate of drug-likeness (QED) is 0.248. The number of amides is 2. The van der Waals surface area contributed by atoms with Crippen molar-refractivity contribution in [2.75, 3.05) is 31.2 Å². The van der Waals surface area contributed by atoms with Crippen molar-refractivity contribution >= 4 is 23.5 Å². The number of benzene rings is 1. The molecule has 0 saturated carbocycles. The summed E-state index contributed by atoms with van der Waals surface area (Å²) in [7, 11) is 0. The SMILES string of the molecule is C=CCCCCOC(=O)[C@H]1[C@H]2C(=O)N(CCO)C(C(=O)N(CC=C)c3c(C)cccc3C)C23CC(C)[C@]1(C)O3. The van der Waals surface area contributed by atoms with Crippen LogP contribution in [0.2, 0.25) is 0 Å². The number of ether oxygens (including phenoxy) is 2. The van der Waals surface area contributed by atoms with Crippen molar-refractivity contribution in [3.05, 3.63) is 54.6 Å². The minimum absolute atomic E-state index is 0.0278. The third-order valence-corrected chi connectivity index (χ3v) is 8.98. The van der Waals surface area contributed by atoms with Gasteiger partial charge in [0.05, 0.1) is 24.7 Å². The van der Waals surface area contributed by atoms with Gasteiger partial charge in [-0.25, -0.2) is 0 Å². The molecule has 3 aliphatic rings. The molecule has 3 unspecified atom stereocenters. The first kappa shape index (κ1) is 29.0. The standard InChI is InChI=1S/C31H42N2O6/c1-7-9-10-11-18-38-29(37)24-23-27(35)33(16-17-34)26(31(23)19-22(5)30(24,6)39-31)28(36)32(15-8-2)25-20(3)13-12-14-21(25)4/h7-8,12-14,22-24,26,34H,1-2,9-11,15-19H2,3-6H3/t22?,23-,24+,26?,30-,31?/m0/s1. The second kappa shape index (κ2) is 11.3. The van der Waals surface area contributed by atoms with Gasteiger partial charge >= 0.3 is 5.97 Å². The molecular weight excluding hydrogens is 496 g/mol. The summed E-state index contributed by atoms with van der Waals surface area (Å²) < 4.78 is 12.4. The van der Waals surface area contributed by atoms with E-state index in [1.165, 1.54) is 4.90 Å². The van der Waals surface area contributed by atoms with Crippen LogP contribution in [-0.2, 0) is 23.9 Å². The summed E-state index contributed by atoms with van der Waals surface area (Å²) in [4.78, 5) is 45.2. The number of carbonyl (C=O) groups is 3. The van der Waals surface area contributed by atoms with Crippen molar-refractivity contribution in [3.8, 4) is 0 Å². The Hall–Kier alpha value is -2.97. The molecule has 0 radical (unpaired) electrons. The molecule has 3 heterocycles. The highest BCUT2D eigenvalue weighted by Gasteiger charge is 2.80. The zero-order valence-corrected chi connectivity index (χ0v) is 23.7. The lowest BCUT2D eigenvalue weighted by atomic mass is 9.62. The molecule has 0 aliphatic carbocycles. The van der Waals surface area contributed by atoms with Crippen molar-refractivity contribution in [3.63, 3.8) is 0 Å². The maximum absolute atomic E-state index is 14.6. The maximum atomic E-state index is 14.6. The molecule has 0 aromatic heterocycles. The van der Waals surface area contributed by atoms with Gasteiger partial charge in [0.25, 0.3) is 5.91 Å². The lowest BCUT2D eigenvalue weighted by Gasteiger charge is -2.37. The van der Waals surface area contributed by atoms with Crippen LogP contribution in [0, 0.1) is 31.6 Å². The Morgan fingerprint density at radius 2 is 1.92 bits per heavy atom. The van der Waals surface area contributed by atoms with Gasteiger partial charge in [0.2, 0.25) is 5.91 Å². The molecule has 3 fully saturated rings. The number of likely N-dealkylation sites (tertiary alicyclic amines) is 1. The molecule has 8 heteroatoms. The summed E-state index contributed by atoms with van der Waals surface area (Å²) in [5, 5.41) is 9.91. The molecule has 1 N–H and O–H groups in total. The van der Waals surface area contributed by atoms with Gasteiger partial charge < -0.3 is 24.4 Å². The van der Waals surface area contributed by atoms with Gasteiger partial charge in [0, 0.05) is 18.8 Å². The number of rotatable bonds is 12. The predicted molar refractivity (Wildman–Crippen MR) is 149 cm³/mol. The zero-order chi connectivity index (χ0) is 28.5. The van der Waals surface area contributed by atoms with E-state index in [-0.39, 0.29) is 44.0 Å². The third kappa shape index (κ3) is 4.61. The molecule has 1 aromatic carbocycles. The normalized spacial score (nSPS) is 30.8. The van der Waals surface area contributed by atoms with E-state index < -0.39 is 35.0 Å². The van der Waals surface area contributed by atoms with Crippen LogP contribution in [0.3, 0.4) is 0 Å². The number of carbonyl (C=O) groups excluding carboxylic acids is 3. The molecule has 3 saturated heterocycles. The number of para-hydroxylation sites is 1. The van der Waals surface area contributed by atoms with Gasteiger partial charge in [-0.1, -0.05) is 37.3 Å². The van der Waals surface area contributed by atoms with Crippen LogP contribution >= 0.6 is 0 Å². The lowest BCUT2D eigenvalue weighted by Crippen LogP contribution is -2.57. The maximum Gasteiger partial charge on any atom is 0.312 e. The average molecular weight is 539 g/mol. The van der Waals surface area contributed by atoms with E-state index in [2.05, 4.69) is 13.2 Å². The molecule has 2 amide bonds. The number of nitrogens with zero attached hydrogens (tertiary/aromatic N) is 2. The number of unbranched alkanes of at least 4 members (excludes halogenated alkanes) is 2. The number of anilines is 1. The van der Waals surface area contributed by atoms with E-state index in [4.69, 9.17) is 9.47 Å². The Morgan fingerprint density at radius 3 is 2.54 bits per heavy atom. The fraction of sp³-hybridized carbons (Fsp3) is 0.581. The first-order chi connectivity index (χ1) is 18.6. The number of esters is 1. The van der Waals surface area contributed by atoms with Gasteiger partial charge in [0.15, 0.2) is 0 Å². The summed E-state index contributed by atoms with van der Waals surface area (Å²) in [5.74, 6) is -2.88. The number of aryl methyl sites for hydroxylation is 2. The monoisotopic (exact) mass is 538 g/mol. The van der Waals surface area contributed by atoms with Gasteiger partial charge in [-0.15, -0.1) is 13.2 Å². The summed E-state index contributed by atoms with van der Waals surface area (Å²) >= 11 is 0. The van der Waals surface area contributed by atoms with Crippen LogP contribution < -0.4 is 4.90 Å². The molecule has 212 valence electrons. The number of aliphatic hydroxyl groups excluding tert-OH is 1. The number of fused-ring (bicyclic) bond motifs is 1. The van der Waals surface area contributed by atoms with Gasteiger partial charge in [-0.3, -0.25) is 14.4 Å². The molecule has 1 aromatic rings. The number of aliphatic hydroxyl groups is 1. The van der Waals surface area contributed by atoms with Crippen LogP contribution in [0.5, 0.6) is 0 Å². The Morgan fingerprint density at radius 1 is 1.23 bits per heavy atom. The first-order valence-electron chi connectivity index (χ1n) is 14.0. The summed E-state index contributed by atoms with van der Waals surface area (Å²) in [6.45, 7) is 15.5. The average Bonchev–Trinajstić information content (AvgIpc) is 3.40. The van der Waals surface area contributed by atoms with E-state index in [1.54, 1.807) is 11.0 Å². The Bertz CT molecular complexity index is 1130. The third-order valence-electron chi connectivity index (χ3n) is 8.98. The van der Waals surface area contributed by atoms with Crippen LogP contribution in [0.25, 0.3) is 0 Å². The molecular formula is C31H42N2O6. The van der Waals surface area contributed by atoms with Crippen molar-refractivity contribution in [2.24, 2.45) is 17.8 Å². The first-order valence-corrected chi connectivity index (χ1v) is 14.0. The molecule has 4 rings (SSSR count). The fourth-order valence-corrected chi connectivity index (χ4v) is 7.18. The summed E-state index contributed by atoms with van der Waals surface area (Å²) in [6.07, 6.45) is 6.34. The highest BCUT2D eigenvalue weighted by Crippen LogP contribution is 2.65. The van der Waals surface area contributed by atoms with Gasteiger partial charge in [0.1, 0.15) is 17.6 Å². The molecule has 8 nitrogen and oxygen atoms in total. The highest BCUT2D eigenvalue weighted by atomic mass is 16.6. The highest BCUT2D eigenvalue weighted by molar-refractivity contribution is 6.05. The van der Waals surface area contributed by atoms with Crippen LogP contribution in [0.1, 0.15) is 50.7 Å². The second-order valence-corrected chi connectivity index (χ2v) is 11.4. The van der Waals surface area contributed by atoms with E-state index in [1.807, 2.05) is 52.0 Å². The topological polar surface area (TPSA) is 96.4 Å².